The fourth-order valence-corrected chi connectivity index (χ4v) is 1.74. The summed E-state index contributed by atoms with van der Waals surface area (Å²) < 4.78 is 0. The number of carboxylic acid groups (broad SMARTS) is 1. The Kier molecular flexibility index (Phi) is 4.85. The maximum absolute atomic E-state index is 11.4. The molecule has 2 amide bonds. The van der Waals surface area contributed by atoms with Gasteiger partial charge in [-0.1, -0.05) is 0 Å². The van der Waals surface area contributed by atoms with Crippen molar-refractivity contribution in [1.29, 1.82) is 0 Å². The molecule has 0 saturated carbocycles. The molecule has 4 N–H and O–H groups in total. The maximum atomic E-state index is 11.4. The molecule has 1 rings (SSSR count). The zero-order valence-corrected chi connectivity index (χ0v) is 9.90. The molecule has 2 unspecified atom stereocenters. The van der Waals surface area contributed by atoms with E-state index in [1.807, 2.05) is 0 Å². The number of aromatic nitrogens is 1. The molecule has 8 heteroatoms. The number of aliphatic carboxylic acids is 1. The average molecular weight is 259 g/mol. The summed E-state index contributed by atoms with van der Waals surface area (Å²) in [6.07, 6.45) is 1.61. The van der Waals surface area contributed by atoms with E-state index < -0.39 is 24.6 Å². The summed E-state index contributed by atoms with van der Waals surface area (Å²) in [5.74, 6) is -1.29. The molecule has 0 aliphatic heterocycles. The van der Waals surface area contributed by atoms with Crippen molar-refractivity contribution < 1.29 is 19.8 Å². The number of carbonyl (C=O) groups is 2. The molecule has 0 aliphatic rings. The average Bonchev–Trinajstić information content (AvgIpc) is 2.78. The number of hydrogen-bond acceptors (Lipinski definition) is 5. The number of nitrogens with zero attached hydrogens (tertiary/aromatic N) is 1. The standard InChI is InChI=1S/C9H13N3O4S/c1-5(7-10-2-3-17-7)11-9(16)12-6(4-13)8(14)15/h2-3,5-6,13H,4H2,1H3,(H,14,15)(H2,11,12,16). The Balaban J connectivity index is 2.47. The van der Waals surface area contributed by atoms with Crippen LogP contribution in [0.3, 0.4) is 0 Å². The molecule has 17 heavy (non-hydrogen) atoms. The lowest BCUT2D eigenvalue weighted by Gasteiger charge is -2.15. The van der Waals surface area contributed by atoms with Crippen molar-refractivity contribution in [3.63, 3.8) is 0 Å². The van der Waals surface area contributed by atoms with E-state index in [1.165, 1.54) is 11.3 Å². The SMILES string of the molecule is CC(NC(=O)NC(CO)C(=O)O)c1nccs1. The van der Waals surface area contributed by atoms with Crippen LogP contribution in [0.2, 0.25) is 0 Å². The fourth-order valence-electron chi connectivity index (χ4n) is 1.09. The van der Waals surface area contributed by atoms with Crippen molar-refractivity contribution in [3.8, 4) is 0 Å². The van der Waals surface area contributed by atoms with E-state index in [1.54, 1.807) is 18.5 Å². The van der Waals surface area contributed by atoms with Gasteiger partial charge in [-0.3, -0.25) is 0 Å². The van der Waals surface area contributed by atoms with Crippen LogP contribution in [-0.2, 0) is 4.79 Å². The van der Waals surface area contributed by atoms with Crippen LogP contribution in [0.25, 0.3) is 0 Å². The summed E-state index contributed by atoms with van der Waals surface area (Å²) in [5, 5.41) is 24.5. The van der Waals surface area contributed by atoms with Gasteiger partial charge in [-0.15, -0.1) is 11.3 Å². The largest absolute Gasteiger partial charge is 0.480 e. The first-order chi connectivity index (χ1) is 8.04. The number of aliphatic hydroxyl groups is 1. The van der Waals surface area contributed by atoms with E-state index in [9.17, 15) is 9.59 Å². The highest BCUT2D eigenvalue weighted by atomic mass is 32.1. The summed E-state index contributed by atoms with van der Waals surface area (Å²) in [7, 11) is 0. The number of thiazole rings is 1. The minimum Gasteiger partial charge on any atom is -0.480 e. The third kappa shape index (κ3) is 4.00. The Hall–Kier alpha value is -1.67. The van der Waals surface area contributed by atoms with Crippen LogP contribution in [0.1, 0.15) is 18.0 Å². The van der Waals surface area contributed by atoms with Crippen LogP contribution < -0.4 is 10.6 Å². The third-order valence-electron chi connectivity index (χ3n) is 1.96. The van der Waals surface area contributed by atoms with Crippen LogP contribution in [-0.4, -0.2) is 39.8 Å². The molecular weight excluding hydrogens is 246 g/mol. The monoisotopic (exact) mass is 259 g/mol. The number of carboxylic acids is 1. The second kappa shape index (κ2) is 6.16. The van der Waals surface area contributed by atoms with Crippen LogP contribution in [0.5, 0.6) is 0 Å². The predicted molar refractivity (Wildman–Crippen MR) is 60.7 cm³/mol. The highest BCUT2D eigenvalue weighted by molar-refractivity contribution is 7.09. The molecule has 1 aromatic heterocycles. The molecule has 0 radical (unpaired) electrons. The maximum Gasteiger partial charge on any atom is 0.328 e. The predicted octanol–water partition coefficient (Wildman–Crippen LogP) is -0.0512. The summed E-state index contributed by atoms with van der Waals surface area (Å²) >= 11 is 1.38. The van der Waals surface area contributed by atoms with Crippen LogP contribution in [0.4, 0.5) is 4.79 Å². The third-order valence-corrected chi connectivity index (χ3v) is 2.91. The summed E-state index contributed by atoms with van der Waals surface area (Å²) in [6, 6.07) is -2.28. The van der Waals surface area contributed by atoms with E-state index in [0.29, 0.717) is 0 Å². The van der Waals surface area contributed by atoms with Crippen molar-refractivity contribution in [3.05, 3.63) is 16.6 Å². The number of rotatable bonds is 5. The first-order valence-corrected chi connectivity index (χ1v) is 5.72. The fraction of sp³-hybridized carbons (Fsp3) is 0.444. The van der Waals surface area contributed by atoms with Gasteiger partial charge in [-0.2, -0.15) is 0 Å². The van der Waals surface area contributed by atoms with Gasteiger partial charge in [0.1, 0.15) is 5.01 Å². The summed E-state index contributed by atoms with van der Waals surface area (Å²) in [6.45, 7) is 1.07. The van der Waals surface area contributed by atoms with Crippen LogP contribution >= 0.6 is 11.3 Å². The first-order valence-electron chi connectivity index (χ1n) is 4.84. The molecule has 1 heterocycles. The Morgan fingerprint density at radius 1 is 1.53 bits per heavy atom. The topological polar surface area (TPSA) is 112 Å². The molecule has 0 aliphatic carbocycles. The highest BCUT2D eigenvalue weighted by Gasteiger charge is 2.20. The lowest BCUT2D eigenvalue weighted by molar-refractivity contribution is -0.140. The number of hydrogen-bond donors (Lipinski definition) is 4. The quantitative estimate of drug-likeness (QED) is 0.592. The summed E-state index contributed by atoms with van der Waals surface area (Å²) in [4.78, 5) is 26.0. The van der Waals surface area contributed by atoms with Gasteiger partial charge in [0.05, 0.1) is 12.6 Å². The van der Waals surface area contributed by atoms with Gasteiger partial charge in [0.2, 0.25) is 0 Å². The second-order valence-corrected chi connectivity index (χ2v) is 4.21. The molecule has 0 spiro atoms. The number of amides is 2. The van der Waals surface area contributed by atoms with Gasteiger partial charge in [0.25, 0.3) is 0 Å². The second-order valence-electron chi connectivity index (χ2n) is 3.28. The smallest absolute Gasteiger partial charge is 0.328 e. The van der Waals surface area contributed by atoms with E-state index in [4.69, 9.17) is 10.2 Å². The Bertz CT molecular complexity index is 382. The normalized spacial score (nSPS) is 13.8. The van der Waals surface area contributed by atoms with Crippen LogP contribution in [0.15, 0.2) is 11.6 Å². The van der Waals surface area contributed by atoms with Gasteiger partial charge in [0.15, 0.2) is 6.04 Å². The van der Waals surface area contributed by atoms with Gasteiger partial charge >= 0.3 is 12.0 Å². The van der Waals surface area contributed by atoms with E-state index >= 15 is 0 Å². The minimum atomic E-state index is -1.31. The zero-order valence-electron chi connectivity index (χ0n) is 9.08. The van der Waals surface area contributed by atoms with Crippen LogP contribution in [0, 0.1) is 0 Å². The van der Waals surface area contributed by atoms with Crippen molar-refractivity contribution >= 4 is 23.3 Å². The zero-order chi connectivity index (χ0) is 12.8. The van der Waals surface area contributed by atoms with E-state index in [0.717, 1.165) is 5.01 Å². The molecule has 94 valence electrons. The molecule has 0 fully saturated rings. The van der Waals surface area contributed by atoms with E-state index in [2.05, 4.69) is 15.6 Å². The van der Waals surface area contributed by atoms with Crippen molar-refractivity contribution in [2.24, 2.45) is 0 Å². The van der Waals surface area contributed by atoms with Gasteiger partial charge in [-0.25, -0.2) is 14.6 Å². The lowest BCUT2D eigenvalue weighted by Crippen LogP contribution is -2.48. The van der Waals surface area contributed by atoms with Crippen molar-refractivity contribution in [1.82, 2.24) is 15.6 Å². The van der Waals surface area contributed by atoms with Crippen molar-refractivity contribution in [2.75, 3.05) is 6.61 Å². The molecule has 0 bridgehead atoms. The Morgan fingerprint density at radius 2 is 2.24 bits per heavy atom. The Labute approximate surface area is 101 Å². The molecule has 1 aromatic rings. The van der Waals surface area contributed by atoms with Gasteiger partial charge in [0, 0.05) is 11.6 Å². The van der Waals surface area contributed by atoms with E-state index in [-0.39, 0.29) is 6.04 Å². The number of urea groups is 1. The molecular formula is C9H13N3O4S. The Morgan fingerprint density at radius 3 is 2.71 bits per heavy atom. The summed E-state index contributed by atoms with van der Waals surface area (Å²) in [5.41, 5.74) is 0. The molecule has 0 aromatic carbocycles. The lowest BCUT2D eigenvalue weighted by atomic mass is 10.3. The molecule has 0 saturated heterocycles. The molecule has 2 atom stereocenters. The highest BCUT2D eigenvalue weighted by Crippen LogP contribution is 2.14. The molecule has 7 nitrogen and oxygen atoms in total. The number of nitrogens with one attached hydrogen (secondary N) is 2. The number of carbonyl (C=O) groups excluding carboxylic acids is 1. The van der Waals surface area contributed by atoms with Gasteiger partial charge < -0.3 is 20.8 Å². The van der Waals surface area contributed by atoms with Gasteiger partial charge in [-0.05, 0) is 6.92 Å². The number of aliphatic hydroxyl groups excluding tert-OH is 1. The van der Waals surface area contributed by atoms with Crippen molar-refractivity contribution in [2.45, 2.75) is 19.0 Å². The minimum absolute atomic E-state index is 0.317. The first kappa shape index (κ1) is 13.4.